The number of nitrogens with one attached hydrogen (secondary N) is 2. The van der Waals surface area contributed by atoms with Crippen molar-refractivity contribution < 1.29 is 9.53 Å². The maximum atomic E-state index is 12.6. The quantitative estimate of drug-likeness (QED) is 0.765. The maximum Gasteiger partial charge on any atom is 0.235 e. The molecular weight excluding hydrogens is 290 g/mol. The first kappa shape index (κ1) is 12.7. The molecule has 0 bridgehead atoms. The lowest BCUT2D eigenvalue weighted by Gasteiger charge is -2.10. The van der Waals surface area contributed by atoms with Gasteiger partial charge >= 0.3 is 0 Å². The van der Waals surface area contributed by atoms with E-state index in [2.05, 4.69) is 33.7 Å². The number of hydrogen-bond acceptors (Lipinski definition) is 3. The number of rotatable bonds is 2. The van der Waals surface area contributed by atoms with E-state index in [1.54, 1.807) is 7.11 Å². The smallest absolute Gasteiger partial charge is 0.235 e. The van der Waals surface area contributed by atoms with Crippen molar-refractivity contribution in [3.8, 4) is 5.75 Å². The average molecular weight is 305 g/mol. The highest BCUT2D eigenvalue weighted by Crippen LogP contribution is 2.65. The lowest BCUT2D eigenvalue weighted by atomic mass is 9.91. The van der Waals surface area contributed by atoms with Crippen molar-refractivity contribution in [3.05, 3.63) is 53.7 Å². The number of fused-ring (bicyclic) bond motifs is 3. The van der Waals surface area contributed by atoms with E-state index in [0.717, 1.165) is 34.3 Å². The Kier molecular flexibility index (Phi) is 2.28. The molecule has 1 fully saturated rings. The van der Waals surface area contributed by atoms with Gasteiger partial charge in [0, 0.05) is 17.0 Å². The number of aromatic amines is 1. The zero-order chi connectivity index (χ0) is 15.6. The van der Waals surface area contributed by atoms with Crippen molar-refractivity contribution in [2.75, 3.05) is 12.4 Å². The summed E-state index contributed by atoms with van der Waals surface area (Å²) < 4.78 is 5.33. The molecule has 2 N–H and O–H groups in total. The summed E-state index contributed by atoms with van der Waals surface area (Å²) in [5.74, 6) is 1.08. The van der Waals surface area contributed by atoms with E-state index in [1.165, 1.54) is 5.56 Å². The van der Waals surface area contributed by atoms with E-state index in [0.29, 0.717) is 0 Å². The van der Waals surface area contributed by atoms with Crippen LogP contribution in [0.4, 0.5) is 5.69 Å². The molecule has 1 spiro atoms. The van der Waals surface area contributed by atoms with Gasteiger partial charge in [-0.25, -0.2) is 0 Å². The van der Waals surface area contributed by atoms with Crippen LogP contribution in [0.1, 0.15) is 23.5 Å². The third-order valence-corrected chi connectivity index (χ3v) is 5.19. The van der Waals surface area contributed by atoms with E-state index in [9.17, 15) is 4.79 Å². The normalized spacial score (nSPS) is 24.7. The number of methoxy groups -OCH3 is 1. The number of ether oxygens (including phenoxy) is 1. The van der Waals surface area contributed by atoms with Crippen LogP contribution in [0.15, 0.2) is 42.6 Å². The predicted molar refractivity (Wildman–Crippen MR) is 86.8 cm³/mol. The lowest BCUT2D eigenvalue weighted by Crippen LogP contribution is -2.21. The first-order valence-corrected chi connectivity index (χ1v) is 7.65. The molecule has 1 amide bonds. The summed E-state index contributed by atoms with van der Waals surface area (Å²) in [6.07, 6.45) is 2.64. The van der Waals surface area contributed by atoms with E-state index in [-0.39, 0.29) is 11.8 Å². The van der Waals surface area contributed by atoms with Gasteiger partial charge in [0.1, 0.15) is 5.75 Å². The maximum absolute atomic E-state index is 12.6. The third kappa shape index (κ3) is 1.56. The molecule has 1 aliphatic heterocycles. The first-order chi connectivity index (χ1) is 11.2. The van der Waals surface area contributed by atoms with Crippen LogP contribution >= 0.6 is 0 Å². The number of anilines is 1. The molecular formula is C18H15N3O2. The van der Waals surface area contributed by atoms with Crippen molar-refractivity contribution in [2.45, 2.75) is 17.8 Å². The predicted octanol–water partition coefficient (Wildman–Crippen LogP) is 2.95. The van der Waals surface area contributed by atoms with Crippen LogP contribution in [-0.4, -0.2) is 23.2 Å². The highest BCUT2D eigenvalue weighted by molar-refractivity contribution is 6.10. The van der Waals surface area contributed by atoms with Crippen LogP contribution in [0, 0.1) is 0 Å². The standard InChI is InChI=1S/C18H15N3O2/c1-23-12-4-5-15-13(7-12)18(17(22)20-15)8-14(18)10-2-3-11-9-19-21-16(11)6-10/h2-7,9,14H,8H2,1H3,(H,19,21)(H,20,22)/t14-,18+/m0/s1. The number of H-pyrrole nitrogens is 1. The largest absolute Gasteiger partial charge is 0.497 e. The van der Waals surface area contributed by atoms with Crippen molar-refractivity contribution in [1.29, 1.82) is 0 Å². The molecule has 1 aliphatic carbocycles. The number of hydrogen-bond donors (Lipinski definition) is 2. The summed E-state index contributed by atoms with van der Waals surface area (Å²) in [7, 11) is 1.65. The highest BCUT2D eigenvalue weighted by atomic mass is 16.5. The second-order valence-electron chi connectivity index (χ2n) is 6.31. The molecule has 2 aromatic carbocycles. The number of aromatic nitrogens is 2. The van der Waals surface area contributed by atoms with Crippen molar-refractivity contribution in [3.63, 3.8) is 0 Å². The van der Waals surface area contributed by atoms with E-state index in [1.807, 2.05) is 24.4 Å². The fraction of sp³-hybridized carbons (Fsp3) is 0.222. The van der Waals surface area contributed by atoms with Gasteiger partial charge in [0.25, 0.3) is 0 Å². The van der Waals surface area contributed by atoms with Gasteiger partial charge < -0.3 is 10.1 Å². The Hall–Kier alpha value is -2.82. The van der Waals surface area contributed by atoms with Gasteiger partial charge in [0.2, 0.25) is 5.91 Å². The van der Waals surface area contributed by atoms with Gasteiger partial charge in [-0.3, -0.25) is 9.89 Å². The molecule has 2 aliphatic rings. The molecule has 0 saturated heterocycles. The Bertz CT molecular complexity index is 962. The highest BCUT2D eigenvalue weighted by Gasteiger charge is 2.65. The van der Waals surface area contributed by atoms with E-state index >= 15 is 0 Å². The number of carbonyl (C=O) groups is 1. The summed E-state index contributed by atoms with van der Waals surface area (Å²) in [4.78, 5) is 12.6. The SMILES string of the molecule is COc1ccc2c(c1)[C@@]1(C[C@H]1c1ccc3cn[nH]c3c1)C(=O)N2. The summed E-state index contributed by atoms with van der Waals surface area (Å²) in [5, 5.41) is 11.2. The summed E-state index contributed by atoms with van der Waals surface area (Å²) in [6.45, 7) is 0. The molecule has 5 heteroatoms. The van der Waals surface area contributed by atoms with Gasteiger partial charge in [-0.2, -0.15) is 5.10 Å². The summed E-state index contributed by atoms with van der Waals surface area (Å²) >= 11 is 0. The van der Waals surface area contributed by atoms with Crippen LogP contribution in [-0.2, 0) is 10.2 Å². The number of carbonyl (C=O) groups excluding carboxylic acids is 1. The molecule has 1 aromatic heterocycles. The fourth-order valence-electron chi connectivity index (χ4n) is 3.87. The topological polar surface area (TPSA) is 67.0 Å². The Morgan fingerprint density at radius 2 is 2.17 bits per heavy atom. The molecule has 2 atom stereocenters. The van der Waals surface area contributed by atoms with E-state index in [4.69, 9.17) is 4.74 Å². The second kappa shape index (κ2) is 4.13. The molecule has 0 radical (unpaired) electrons. The minimum absolute atomic E-state index is 0.0930. The lowest BCUT2D eigenvalue weighted by molar-refractivity contribution is -0.118. The molecule has 3 aromatic rings. The Labute approximate surface area is 132 Å². The Balaban J connectivity index is 1.61. The molecule has 114 valence electrons. The Morgan fingerprint density at radius 3 is 3.04 bits per heavy atom. The van der Waals surface area contributed by atoms with Crippen LogP contribution < -0.4 is 10.1 Å². The van der Waals surface area contributed by atoms with E-state index < -0.39 is 5.41 Å². The molecule has 1 saturated carbocycles. The molecule has 0 unspecified atom stereocenters. The number of benzene rings is 2. The van der Waals surface area contributed by atoms with Crippen LogP contribution in [0.25, 0.3) is 10.9 Å². The second-order valence-corrected chi connectivity index (χ2v) is 6.31. The van der Waals surface area contributed by atoms with Gasteiger partial charge in [-0.05, 0) is 41.8 Å². The summed E-state index contributed by atoms with van der Waals surface area (Å²) in [5.41, 5.74) is 3.69. The molecule has 5 rings (SSSR count). The van der Waals surface area contributed by atoms with Gasteiger partial charge in [-0.15, -0.1) is 0 Å². The van der Waals surface area contributed by atoms with Crippen molar-refractivity contribution in [2.24, 2.45) is 0 Å². The van der Waals surface area contributed by atoms with Crippen LogP contribution in [0.3, 0.4) is 0 Å². The molecule has 5 nitrogen and oxygen atoms in total. The van der Waals surface area contributed by atoms with Gasteiger partial charge in [0.05, 0.1) is 24.2 Å². The Morgan fingerprint density at radius 1 is 1.26 bits per heavy atom. The fourth-order valence-corrected chi connectivity index (χ4v) is 3.87. The number of nitrogens with zero attached hydrogens (tertiary/aromatic N) is 1. The average Bonchev–Trinajstić information content (AvgIpc) is 3.05. The summed E-state index contributed by atoms with van der Waals surface area (Å²) in [6, 6.07) is 12.1. The minimum Gasteiger partial charge on any atom is -0.497 e. The van der Waals surface area contributed by atoms with Crippen LogP contribution in [0.2, 0.25) is 0 Å². The van der Waals surface area contributed by atoms with Crippen molar-refractivity contribution >= 4 is 22.5 Å². The zero-order valence-electron chi connectivity index (χ0n) is 12.6. The third-order valence-electron chi connectivity index (χ3n) is 5.19. The van der Waals surface area contributed by atoms with Gasteiger partial charge in [0.15, 0.2) is 0 Å². The van der Waals surface area contributed by atoms with Gasteiger partial charge in [-0.1, -0.05) is 12.1 Å². The number of amides is 1. The first-order valence-electron chi connectivity index (χ1n) is 7.65. The monoisotopic (exact) mass is 305 g/mol. The zero-order valence-corrected chi connectivity index (χ0v) is 12.6. The van der Waals surface area contributed by atoms with Crippen molar-refractivity contribution in [1.82, 2.24) is 10.2 Å². The van der Waals surface area contributed by atoms with Crippen LogP contribution in [0.5, 0.6) is 5.75 Å². The minimum atomic E-state index is -0.447. The molecule has 23 heavy (non-hydrogen) atoms. The molecule has 2 heterocycles.